The smallest absolute Gasteiger partial charge is 0.130 e. The van der Waals surface area contributed by atoms with Gasteiger partial charge in [0.05, 0.1) is 6.04 Å². The van der Waals surface area contributed by atoms with Gasteiger partial charge in [-0.2, -0.15) is 0 Å². The third-order valence-corrected chi connectivity index (χ3v) is 4.38. The molecule has 1 unspecified atom stereocenters. The molecule has 3 nitrogen and oxygen atoms in total. The molecular weight excluding hydrogens is 294 g/mol. The fourth-order valence-electron chi connectivity index (χ4n) is 3.17. The Morgan fingerprint density at radius 3 is 2.50 bits per heavy atom. The van der Waals surface area contributed by atoms with Crippen LogP contribution >= 0.6 is 0 Å². The van der Waals surface area contributed by atoms with Crippen molar-refractivity contribution < 1.29 is 0 Å². The Balaban J connectivity index is 1.73. The molecule has 0 fully saturated rings. The quantitative estimate of drug-likeness (QED) is 0.615. The molecule has 0 saturated carbocycles. The van der Waals surface area contributed by atoms with Gasteiger partial charge < -0.3 is 10.3 Å². The molecule has 2 N–H and O–H groups in total. The first kappa shape index (κ1) is 14.7. The maximum absolute atomic E-state index is 6.60. The Morgan fingerprint density at radius 1 is 0.875 bits per heavy atom. The van der Waals surface area contributed by atoms with Crippen LogP contribution in [0.3, 0.4) is 0 Å². The number of aromatic nitrogens is 2. The molecule has 4 aromatic rings. The summed E-state index contributed by atoms with van der Waals surface area (Å²) < 4.78 is 2.13. The molecule has 0 saturated heterocycles. The van der Waals surface area contributed by atoms with Crippen molar-refractivity contribution in [3.8, 4) is 0 Å². The topological polar surface area (TPSA) is 43.8 Å². The van der Waals surface area contributed by atoms with Gasteiger partial charge in [-0.15, -0.1) is 0 Å². The van der Waals surface area contributed by atoms with E-state index in [-0.39, 0.29) is 6.04 Å². The van der Waals surface area contributed by atoms with Crippen molar-refractivity contribution in [2.75, 3.05) is 0 Å². The summed E-state index contributed by atoms with van der Waals surface area (Å²) in [5.74, 6) is 0.884. The average Bonchev–Trinajstić information content (AvgIpc) is 3.09. The lowest BCUT2D eigenvalue weighted by Crippen LogP contribution is -2.18. The largest absolute Gasteiger partial charge is 0.329 e. The van der Waals surface area contributed by atoms with Crippen LogP contribution in [0.25, 0.3) is 10.8 Å². The predicted octanol–water partition coefficient (Wildman–Crippen LogP) is 4.13. The Labute approximate surface area is 141 Å². The Morgan fingerprint density at radius 2 is 1.62 bits per heavy atom. The van der Waals surface area contributed by atoms with Crippen LogP contribution in [0.15, 0.2) is 85.2 Å². The molecule has 4 rings (SSSR count). The summed E-state index contributed by atoms with van der Waals surface area (Å²) in [6.07, 6.45) is 3.82. The van der Waals surface area contributed by atoms with Crippen molar-refractivity contribution in [2.24, 2.45) is 5.73 Å². The maximum atomic E-state index is 6.60. The number of benzene rings is 3. The van der Waals surface area contributed by atoms with Gasteiger partial charge in [0.15, 0.2) is 0 Å². The number of imidazole rings is 1. The summed E-state index contributed by atoms with van der Waals surface area (Å²) in [6, 6.07) is 24.7. The van der Waals surface area contributed by atoms with E-state index in [1.807, 2.05) is 24.5 Å². The van der Waals surface area contributed by atoms with Crippen molar-refractivity contribution in [2.45, 2.75) is 12.6 Å². The van der Waals surface area contributed by atoms with Crippen molar-refractivity contribution in [1.82, 2.24) is 9.55 Å². The Hall–Kier alpha value is -2.91. The second-order valence-electron chi connectivity index (χ2n) is 5.94. The van der Waals surface area contributed by atoms with Gasteiger partial charge in [0.1, 0.15) is 5.82 Å². The molecule has 0 radical (unpaired) electrons. The van der Waals surface area contributed by atoms with E-state index in [4.69, 9.17) is 5.73 Å². The van der Waals surface area contributed by atoms with E-state index in [1.165, 1.54) is 16.3 Å². The van der Waals surface area contributed by atoms with Crippen molar-refractivity contribution in [3.05, 3.63) is 102 Å². The molecule has 3 heteroatoms. The molecule has 1 aromatic heterocycles. The average molecular weight is 313 g/mol. The van der Waals surface area contributed by atoms with E-state index in [9.17, 15) is 0 Å². The maximum Gasteiger partial charge on any atom is 0.130 e. The minimum Gasteiger partial charge on any atom is -0.329 e. The lowest BCUT2D eigenvalue weighted by atomic mass is 9.98. The molecule has 0 bridgehead atoms. The minimum absolute atomic E-state index is 0.255. The Kier molecular flexibility index (Phi) is 3.85. The van der Waals surface area contributed by atoms with Gasteiger partial charge in [0, 0.05) is 18.9 Å². The lowest BCUT2D eigenvalue weighted by molar-refractivity contribution is 0.677. The summed E-state index contributed by atoms with van der Waals surface area (Å²) in [6.45, 7) is 0.772. The number of hydrogen-bond donors (Lipinski definition) is 1. The van der Waals surface area contributed by atoms with E-state index < -0.39 is 0 Å². The number of nitrogens with zero attached hydrogens (tertiary/aromatic N) is 2. The lowest BCUT2D eigenvalue weighted by Gasteiger charge is -2.16. The van der Waals surface area contributed by atoms with Gasteiger partial charge in [0.2, 0.25) is 0 Å². The van der Waals surface area contributed by atoms with E-state index in [0.29, 0.717) is 0 Å². The molecule has 24 heavy (non-hydrogen) atoms. The van der Waals surface area contributed by atoms with Crippen LogP contribution < -0.4 is 5.73 Å². The zero-order valence-electron chi connectivity index (χ0n) is 13.3. The molecule has 1 heterocycles. The minimum atomic E-state index is -0.255. The molecule has 0 aliphatic carbocycles. The monoisotopic (exact) mass is 313 g/mol. The standard InChI is InChI=1S/C21H19N3/c22-20(19-12-6-10-17-9-4-5-11-18(17)19)21-23-13-14-24(21)15-16-7-2-1-3-8-16/h1-14,20H,15,22H2. The Bertz CT molecular complexity index is 952. The van der Waals surface area contributed by atoms with Crippen LogP contribution in [0.1, 0.15) is 23.0 Å². The van der Waals surface area contributed by atoms with Crippen LogP contribution in [0.4, 0.5) is 0 Å². The summed E-state index contributed by atoms with van der Waals surface area (Å²) in [5.41, 5.74) is 8.94. The van der Waals surface area contributed by atoms with Gasteiger partial charge in [0.25, 0.3) is 0 Å². The molecule has 1 atom stereocenters. The van der Waals surface area contributed by atoms with E-state index in [2.05, 4.69) is 70.2 Å². The van der Waals surface area contributed by atoms with Crippen molar-refractivity contribution >= 4 is 10.8 Å². The summed E-state index contributed by atoms with van der Waals surface area (Å²) >= 11 is 0. The van der Waals surface area contributed by atoms with Crippen LogP contribution in [0.5, 0.6) is 0 Å². The number of fused-ring (bicyclic) bond motifs is 1. The zero-order chi connectivity index (χ0) is 16.4. The highest BCUT2D eigenvalue weighted by atomic mass is 15.1. The van der Waals surface area contributed by atoms with Crippen LogP contribution in [0, 0.1) is 0 Å². The summed E-state index contributed by atoms with van der Waals surface area (Å²) in [4.78, 5) is 4.53. The van der Waals surface area contributed by atoms with Crippen molar-refractivity contribution in [1.29, 1.82) is 0 Å². The second kappa shape index (κ2) is 6.30. The van der Waals surface area contributed by atoms with Crippen LogP contribution in [-0.4, -0.2) is 9.55 Å². The predicted molar refractivity (Wildman–Crippen MR) is 97.7 cm³/mol. The normalized spacial score (nSPS) is 12.4. The van der Waals surface area contributed by atoms with E-state index >= 15 is 0 Å². The number of rotatable bonds is 4. The van der Waals surface area contributed by atoms with Gasteiger partial charge in [-0.25, -0.2) is 4.98 Å². The van der Waals surface area contributed by atoms with Gasteiger partial charge in [-0.05, 0) is 21.9 Å². The third kappa shape index (κ3) is 2.70. The van der Waals surface area contributed by atoms with Crippen LogP contribution in [-0.2, 0) is 6.54 Å². The highest BCUT2D eigenvalue weighted by Gasteiger charge is 2.17. The number of hydrogen-bond acceptors (Lipinski definition) is 2. The molecule has 0 aliphatic rings. The first-order chi connectivity index (χ1) is 11.8. The van der Waals surface area contributed by atoms with Gasteiger partial charge >= 0.3 is 0 Å². The molecule has 0 spiro atoms. The first-order valence-corrected chi connectivity index (χ1v) is 8.11. The molecule has 0 aliphatic heterocycles. The highest BCUT2D eigenvalue weighted by Crippen LogP contribution is 2.26. The van der Waals surface area contributed by atoms with Crippen molar-refractivity contribution in [3.63, 3.8) is 0 Å². The highest BCUT2D eigenvalue weighted by molar-refractivity contribution is 5.86. The van der Waals surface area contributed by atoms with E-state index in [1.54, 1.807) is 0 Å². The molecular formula is C21H19N3. The third-order valence-electron chi connectivity index (χ3n) is 4.38. The van der Waals surface area contributed by atoms with Gasteiger partial charge in [-0.3, -0.25) is 0 Å². The fourth-order valence-corrected chi connectivity index (χ4v) is 3.17. The van der Waals surface area contributed by atoms with Crippen LogP contribution in [0.2, 0.25) is 0 Å². The SMILES string of the molecule is NC(c1cccc2ccccc12)c1nccn1Cc1ccccc1. The molecule has 118 valence electrons. The summed E-state index contributed by atoms with van der Waals surface area (Å²) in [5, 5.41) is 2.38. The van der Waals surface area contributed by atoms with Gasteiger partial charge in [-0.1, -0.05) is 72.8 Å². The molecule has 0 amide bonds. The fraction of sp³-hybridized carbons (Fsp3) is 0.0952. The summed E-state index contributed by atoms with van der Waals surface area (Å²) in [7, 11) is 0. The number of nitrogens with two attached hydrogens (primary N) is 1. The zero-order valence-corrected chi connectivity index (χ0v) is 13.3. The molecule has 3 aromatic carbocycles. The second-order valence-corrected chi connectivity index (χ2v) is 5.94. The first-order valence-electron chi connectivity index (χ1n) is 8.11. The van der Waals surface area contributed by atoms with E-state index in [0.717, 1.165) is 17.9 Å².